The van der Waals surface area contributed by atoms with Crippen molar-refractivity contribution in [1.29, 1.82) is 0 Å². The van der Waals surface area contributed by atoms with Crippen LogP contribution in [-0.2, 0) is 0 Å². The van der Waals surface area contributed by atoms with Gasteiger partial charge in [-0.2, -0.15) is 0 Å². The van der Waals surface area contributed by atoms with Gasteiger partial charge in [0.2, 0.25) is 0 Å². The van der Waals surface area contributed by atoms with E-state index < -0.39 is 0 Å². The lowest BCUT2D eigenvalue weighted by atomic mass is 9.84. The van der Waals surface area contributed by atoms with Crippen LogP contribution in [-0.4, -0.2) is 17.6 Å². The molecule has 0 aliphatic heterocycles. The van der Waals surface area contributed by atoms with Crippen molar-refractivity contribution in [3.05, 3.63) is 0 Å². The van der Waals surface area contributed by atoms with Crippen LogP contribution in [0.15, 0.2) is 0 Å². The highest BCUT2D eigenvalue weighted by Crippen LogP contribution is 2.23. The van der Waals surface area contributed by atoms with Crippen LogP contribution in [0, 0.1) is 0 Å². The first kappa shape index (κ1) is 12.0. The van der Waals surface area contributed by atoms with Crippen molar-refractivity contribution in [3.63, 3.8) is 0 Å². The summed E-state index contributed by atoms with van der Waals surface area (Å²) in [5, 5.41) is 3.70. The summed E-state index contributed by atoms with van der Waals surface area (Å²) in [4.78, 5) is 0. The molecule has 0 amide bonds. The topological polar surface area (TPSA) is 38.0 Å². The minimum atomic E-state index is 0.306. The standard InChI is InChI=1S/C12H26N2/c1-4-5-6-7-12(2,3)14-11-8-10(13)9-11/h10-11,14H,4-9,13H2,1-3H3. The molecule has 0 spiro atoms. The summed E-state index contributed by atoms with van der Waals surface area (Å²) in [5.74, 6) is 0. The van der Waals surface area contributed by atoms with E-state index in [0.29, 0.717) is 17.6 Å². The third-order valence-electron chi connectivity index (χ3n) is 3.17. The van der Waals surface area contributed by atoms with Gasteiger partial charge in [-0.3, -0.25) is 0 Å². The number of nitrogens with one attached hydrogen (secondary N) is 1. The minimum absolute atomic E-state index is 0.306. The zero-order valence-electron chi connectivity index (χ0n) is 9.97. The van der Waals surface area contributed by atoms with Gasteiger partial charge in [0, 0.05) is 17.6 Å². The lowest BCUT2D eigenvalue weighted by Gasteiger charge is -2.40. The van der Waals surface area contributed by atoms with Gasteiger partial charge in [0.1, 0.15) is 0 Å². The maximum Gasteiger partial charge on any atom is 0.0127 e. The fourth-order valence-corrected chi connectivity index (χ4v) is 2.22. The monoisotopic (exact) mass is 198 g/mol. The molecular formula is C12H26N2. The Morgan fingerprint density at radius 1 is 1.29 bits per heavy atom. The molecule has 0 aromatic heterocycles. The second kappa shape index (κ2) is 5.13. The summed E-state index contributed by atoms with van der Waals surface area (Å²) >= 11 is 0. The summed E-state index contributed by atoms with van der Waals surface area (Å²) in [6.45, 7) is 6.88. The Hall–Kier alpha value is -0.0800. The van der Waals surface area contributed by atoms with Crippen LogP contribution in [0.3, 0.4) is 0 Å². The van der Waals surface area contributed by atoms with Crippen molar-refractivity contribution in [3.8, 4) is 0 Å². The van der Waals surface area contributed by atoms with Gasteiger partial charge in [0.25, 0.3) is 0 Å². The molecule has 84 valence electrons. The van der Waals surface area contributed by atoms with E-state index in [1.807, 2.05) is 0 Å². The molecular weight excluding hydrogens is 172 g/mol. The third-order valence-corrected chi connectivity index (χ3v) is 3.17. The second-order valence-electron chi connectivity index (χ2n) is 5.41. The third kappa shape index (κ3) is 3.97. The van der Waals surface area contributed by atoms with E-state index in [4.69, 9.17) is 5.73 Å². The fraction of sp³-hybridized carbons (Fsp3) is 1.00. The van der Waals surface area contributed by atoms with Gasteiger partial charge < -0.3 is 11.1 Å². The maximum absolute atomic E-state index is 5.77. The van der Waals surface area contributed by atoms with Crippen LogP contribution in [0.5, 0.6) is 0 Å². The average molecular weight is 198 g/mol. The molecule has 0 atom stereocenters. The molecule has 2 nitrogen and oxygen atoms in total. The Labute approximate surface area is 88.6 Å². The van der Waals surface area contributed by atoms with Crippen molar-refractivity contribution >= 4 is 0 Å². The van der Waals surface area contributed by atoms with Gasteiger partial charge in [-0.1, -0.05) is 26.2 Å². The average Bonchev–Trinajstić information content (AvgIpc) is 2.01. The van der Waals surface area contributed by atoms with Crippen LogP contribution in [0.25, 0.3) is 0 Å². The van der Waals surface area contributed by atoms with Gasteiger partial charge >= 0.3 is 0 Å². The van der Waals surface area contributed by atoms with Crippen LogP contribution in [0.4, 0.5) is 0 Å². The van der Waals surface area contributed by atoms with E-state index in [-0.39, 0.29) is 0 Å². The van der Waals surface area contributed by atoms with Crippen molar-refractivity contribution < 1.29 is 0 Å². The molecule has 0 heterocycles. The molecule has 1 saturated carbocycles. The molecule has 0 unspecified atom stereocenters. The van der Waals surface area contributed by atoms with Crippen LogP contribution in [0.2, 0.25) is 0 Å². The zero-order valence-corrected chi connectivity index (χ0v) is 9.97. The highest BCUT2D eigenvalue weighted by atomic mass is 15.0. The molecule has 1 aliphatic carbocycles. The number of rotatable bonds is 6. The highest BCUT2D eigenvalue weighted by Gasteiger charge is 2.30. The van der Waals surface area contributed by atoms with Crippen molar-refractivity contribution in [2.45, 2.75) is 76.9 Å². The molecule has 2 heteroatoms. The number of hydrogen-bond donors (Lipinski definition) is 2. The first-order valence-corrected chi connectivity index (χ1v) is 6.07. The van der Waals surface area contributed by atoms with E-state index in [2.05, 4.69) is 26.1 Å². The Bertz CT molecular complexity index is 160. The Morgan fingerprint density at radius 3 is 2.43 bits per heavy atom. The van der Waals surface area contributed by atoms with Crippen LogP contribution < -0.4 is 11.1 Å². The number of nitrogens with two attached hydrogens (primary N) is 1. The molecule has 1 fully saturated rings. The van der Waals surface area contributed by atoms with Gasteiger partial charge in [-0.25, -0.2) is 0 Å². The first-order valence-electron chi connectivity index (χ1n) is 6.07. The van der Waals surface area contributed by atoms with E-state index >= 15 is 0 Å². The number of hydrogen-bond acceptors (Lipinski definition) is 2. The maximum atomic E-state index is 5.77. The quantitative estimate of drug-likeness (QED) is 0.643. The zero-order chi connectivity index (χ0) is 10.6. The molecule has 0 aromatic carbocycles. The second-order valence-corrected chi connectivity index (χ2v) is 5.41. The Morgan fingerprint density at radius 2 is 1.93 bits per heavy atom. The van der Waals surface area contributed by atoms with Gasteiger partial charge in [0.05, 0.1) is 0 Å². The number of unbranched alkanes of at least 4 members (excludes halogenated alkanes) is 2. The van der Waals surface area contributed by atoms with E-state index in [1.165, 1.54) is 25.7 Å². The smallest absolute Gasteiger partial charge is 0.0127 e. The molecule has 3 N–H and O–H groups in total. The van der Waals surface area contributed by atoms with Crippen molar-refractivity contribution in [2.75, 3.05) is 0 Å². The van der Waals surface area contributed by atoms with E-state index in [0.717, 1.165) is 12.8 Å². The van der Waals surface area contributed by atoms with Crippen molar-refractivity contribution in [1.82, 2.24) is 5.32 Å². The summed E-state index contributed by atoms with van der Waals surface area (Å²) in [7, 11) is 0. The van der Waals surface area contributed by atoms with Gasteiger partial charge in [-0.15, -0.1) is 0 Å². The Balaban J connectivity index is 2.13. The van der Waals surface area contributed by atoms with Gasteiger partial charge in [0.15, 0.2) is 0 Å². The lowest BCUT2D eigenvalue weighted by molar-refractivity contribution is 0.215. The van der Waals surface area contributed by atoms with Gasteiger partial charge in [-0.05, 0) is 33.1 Å². The molecule has 14 heavy (non-hydrogen) atoms. The minimum Gasteiger partial charge on any atom is -0.328 e. The molecule has 1 rings (SSSR count). The molecule has 1 aliphatic rings. The molecule has 0 bridgehead atoms. The fourth-order valence-electron chi connectivity index (χ4n) is 2.22. The van der Waals surface area contributed by atoms with Crippen LogP contribution >= 0.6 is 0 Å². The van der Waals surface area contributed by atoms with Crippen LogP contribution in [0.1, 0.15) is 59.3 Å². The SMILES string of the molecule is CCCCCC(C)(C)NC1CC(N)C1. The lowest BCUT2D eigenvalue weighted by Crippen LogP contribution is -2.55. The molecule has 0 radical (unpaired) electrons. The molecule has 0 aromatic rings. The Kier molecular flexibility index (Phi) is 4.39. The summed E-state index contributed by atoms with van der Waals surface area (Å²) in [6, 6.07) is 1.14. The molecule has 0 saturated heterocycles. The van der Waals surface area contributed by atoms with E-state index in [1.54, 1.807) is 0 Å². The predicted molar refractivity (Wildman–Crippen MR) is 62.4 cm³/mol. The van der Waals surface area contributed by atoms with E-state index in [9.17, 15) is 0 Å². The predicted octanol–water partition coefficient (Wildman–Crippen LogP) is 2.42. The summed E-state index contributed by atoms with van der Waals surface area (Å²) in [6.07, 6.45) is 7.62. The first-order chi connectivity index (χ1) is 6.53. The largest absolute Gasteiger partial charge is 0.328 e. The normalized spacial score (nSPS) is 27.4. The highest BCUT2D eigenvalue weighted by molar-refractivity contribution is 4.92. The van der Waals surface area contributed by atoms with Crippen molar-refractivity contribution in [2.24, 2.45) is 5.73 Å². The summed E-state index contributed by atoms with van der Waals surface area (Å²) < 4.78 is 0. The summed E-state index contributed by atoms with van der Waals surface area (Å²) in [5.41, 5.74) is 6.07.